The van der Waals surface area contributed by atoms with Crippen LogP contribution >= 0.6 is 11.3 Å². The fraction of sp³-hybridized carbons (Fsp3) is 0.467. The minimum atomic E-state index is 0.139. The summed E-state index contributed by atoms with van der Waals surface area (Å²) in [5, 5.41) is 2.11. The number of thiophene rings is 1. The van der Waals surface area contributed by atoms with Crippen molar-refractivity contribution in [2.45, 2.75) is 38.8 Å². The highest BCUT2D eigenvalue weighted by molar-refractivity contribution is 7.09. The lowest BCUT2D eigenvalue weighted by Crippen LogP contribution is -2.32. The molecule has 0 aliphatic heterocycles. The topological polar surface area (TPSA) is 55.0 Å². The van der Waals surface area contributed by atoms with Gasteiger partial charge < -0.3 is 10.6 Å². The molecule has 0 radical (unpaired) electrons. The molecule has 20 heavy (non-hydrogen) atoms. The number of likely N-dealkylation sites (N-methyl/N-ethyl adjacent to an activating group) is 1. The molecule has 4 nitrogen and oxygen atoms in total. The van der Waals surface area contributed by atoms with Crippen molar-refractivity contribution in [2.75, 3.05) is 11.9 Å². The molecule has 0 aromatic carbocycles. The van der Waals surface area contributed by atoms with Gasteiger partial charge in [-0.05, 0) is 37.3 Å². The van der Waals surface area contributed by atoms with Crippen molar-refractivity contribution in [3.63, 3.8) is 0 Å². The van der Waals surface area contributed by atoms with Crippen LogP contribution in [0.3, 0.4) is 0 Å². The third-order valence-electron chi connectivity index (χ3n) is 3.30. The minimum Gasteiger partial charge on any atom is -0.341 e. The smallest absolute Gasteiger partial charge is 0.225 e. The summed E-state index contributed by atoms with van der Waals surface area (Å²) in [5.74, 6) is 0.766. The van der Waals surface area contributed by atoms with Crippen LogP contribution in [-0.4, -0.2) is 29.1 Å². The summed E-state index contributed by atoms with van der Waals surface area (Å²) in [6, 6.07) is 4.76. The summed E-state index contributed by atoms with van der Waals surface area (Å²) >= 11 is 1.79. The Labute approximate surface area is 124 Å². The van der Waals surface area contributed by atoms with Gasteiger partial charge in [-0.2, -0.15) is 0 Å². The standard InChI is InChI=1S/C15H22N4S/c1-11(16)7-13-9-17-15(18-10-13)19(3)12(2)8-14-5-4-6-20-14/h4-6,9-12H,7-8,16H2,1-3H3. The molecule has 0 saturated heterocycles. The molecule has 0 amide bonds. The van der Waals surface area contributed by atoms with Crippen LogP contribution in [0.25, 0.3) is 0 Å². The van der Waals surface area contributed by atoms with E-state index in [1.807, 2.05) is 26.4 Å². The number of nitrogens with two attached hydrogens (primary N) is 1. The largest absolute Gasteiger partial charge is 0.341 e. The quantitative estimate of drug-likeness (QED) is 0.888. The molecule has 0 fully saturated rings. The van der Waals surface area contributed by atoms with Gasteiger partial charge in [-0.1, -0.05) is 6.07 Å². The second kappa shape index (κ2) is 6.81. The Balaban J connectivity index is 1.99. The molecule has 0 aliphatic carbocycles. The first kappa shape index (κ1) is 14.9. The van der Waals surface area contributed by atoms with Crippen LogP contribution < -0.4 is 10.6 Å². The molecule has 0 saturated carbocycles. The first-order valence-corrected chi connectivity index (χ1v) is 7.76. The van der Waals surface area contributed by atoms with E-state index < -0.39 is 0 Å². The maximum atomic E-state index is 5.78. The first-order valence-electron chi connectivity index (χ1n) is 6.88. The van der Waals surface area contributed by atoms with Gasteiger partial charge in [0, 0.05) is 42.8 Å². The van der Waals surface area contributed by atoms with Gasteiger partial charge in [0.15, 0.2) is 0 Å². The third kappa shape index (κ3) is 4.02. The van der Waals surface area contributed by atoms with Crippen molar-refractivity contribution in [2.24, 2.45) is 5.73 Å². The Hall–Kier alpha value is -1.46. The highest BCUT2D eigenvalue weighted by Gasteiger charge is 2.13. The summed E-state index contributed by atoms with van der Waals surface area (Å²) in [5.41, 5.74) is 6.87. The van der Waals surface area contributed by atoms with E-state index in [0.717, 1.165) is 24.4 Å². The number of rotatable bonds is 6. The number of anilines is 1. The van der Waals surface area contributed by atoms with E-state index in [-0.39, 0.29) is 6.04 Å². The van der Waals surface area contributed by atoms with Gasteiger partial charge in [-0.3, -0.25) is 0 Å². The van der Waals surface area contributed by atoms with E-state index in [0.29, 0.717) is 6.04 Å². The lowest BCUT2D eigenvalue weighted by Gasteiger charge is -2.24. The highest BCUT2D eigenvalue weighted by Crippen LogP contribution is 2.16. The third-order valence-corrected chi connectivity index (χ3v) is 4.20. The molecular weight excluding hydrogens is 268 g/mol. The van der Waals surface area contributed by atoms with Crippen LogP contribution in [0.4, 0.5) is 5.95 Å². The Kier molecular flexibility index (Phi) is 5.09. The van der Waals surface area contributed by atoms with Gasteiger partial charge in [-0.15, -0.1) is 11.3 Å². The maximum Gasteiger partial charge on any atom is 0.225 e. The van der Waals surface area contributed by atoms with Gasteiger partial charge >= 0.3 is 0 Å². The average molecular weight is 290 g/mol. The monoisotopic (exact) mass is 290 g/mol. The first-order chi connectivity index (χ1) is 9.56. The highest BCUT2D eigenvalue weighted by atomic mass is 32.1. The lowest BCUT2D eigenvalue weighted by atomic mass is 10.1. The second-order valence-electron chi connectivity index (χ2n) is 5.32. The van der Waals surface area contributed by atoms with Crippen molar-refractivity contribution in [3.05, 3.63) is 40.3 Å². The van der Waals surface area contributed by atoms with Gasteiger partial charge in [0.25, 0.3) is 0 Å². The fourth-order valence-electron chi connectivity index (χ4n) is 2.06. The van der Waals surface area contributed by atoms with E-state index in [9.17, 15) is 0 Å². The van der Waals surface area contributed by atoms with Crippen LogP contribution in [0, 0.1) is 0 Å². The van der Waals surface area contributed by atoms with Crippen molar-refractivity contribution < 1.29 is 0 Å². The number of hydrogen-bond acceptors (Lipinski definition) is 5. The molecule has 2 heterocycles. The Morgan fingerprint density at radius 3 is 2.50 bits per heavy atom. The van der Waals surface area contributed by atoms with E-state index >= 15 is 0 Å². The molecule has 0 bridgehead atoms. The van der Waals surface area contributed by atoms with E-state index in [1.54, 1.807) is 11.3 Å². The summed E-state index contributed by atoms with van der Waals surface area (Å²) < 4.78 is 0. The summed E-state index contributed by atoms with van der Waals surface area (Å²) in [6.45, 7) is 4.18. The molecule has 0 spiro atoms. The minimum absolute atomic E-state index is 0.139. The average Bonchev–Trinajstić information content (AvgIpc) is 2.91. The molecule has 2 aromatic heterocycles. The molecule has 0 aliphatic rings. The number of nitrogens with zero attached hydrogens (tertiary/aromatic N) is 3. The Morgan fingerprint density at radius 1 is 1.25 bits per heavy atom. The predicted molar refractivity (Wildman–Crippen MR) is 85.3 cm³/mol. The van der Waals surface area contributed by atoms with Crippen molar-refractivity contribution in [1.82, 2.24) is 9.97 Å². The predicted octanol–water partition coefficient (Wildman–Crippen LogP) is 2.50. The van der Waals surface area contributed by atoms with Gasteiger partial charge in [0.05, 0.1) is 0 Å². The molecule has 108 valence electrons. The zero-order valence-corrected chi connectivity index (χ0v) is 13.1. The van der Waals surface area contributed by atoms with Gasteiger partial charge in [0.2, 0.25) is 5.95 Å². The zero-order valence-electron chi connectivity index (χ0n) is 12.3. The number of hydrogen-bond donors (Lipinski definition) is 1. The summed E-state index contributed by atoms with van der Waals surface area (Å²) in [4.78, 5) is 12.4. The summed E-state index contributed by atoms with van der Waals surface area (Å²) in [6.07, 6.45) is 5.58. The molecule has 2 rings (SSSR count). The molecular formula is C15H22N4S. The normalized spacial score (nSPS) is 14.0. The van der Waals surface area contributed by atoms with Gasteiger partial charge in [-0.25, -0.2) is 9.97 Å². The van der Waals surface area contributed by atoms with Crippen LogP contribution in [-0.2, 0) is 12.8 Å². The van der Waals surface area contributed by atoms with Crippen molar-refractivity contribution in [1.29, 1.82) is 0 Å². The van der Waals surface area contributed by atoms with Crippen molar-refractivity contribution in [3.8, 4) is 0 Å². The molecule has 2 aromatic rings. The van der Waals surface area contributed by atoms with Gasteiger partial charge in [0.1, 0.15) is 0 Å². The lowest BCUT2D eigenvalue weighted by molar-refractivity contribution is 0.667. The molecule has 2 atom stereocenters. The number of aromatic nitrogens is 2. The Morgan fingerprint density at radius 2 is 1.95 bits per heavy atom. The Bertz CT molecular complexity index is 507. The van der Waals surface area contributed by atoms with Crippen LogP contribution in [0.1, 0.15) is 24.3 Å². The van der Waals surface area contributed by atoms with E-state index in [2.05, 4.69) is 39.3 Å². The van der Waals surface area contributed by atoms with E-state index in [1.165, 1.54) is 4.88 Å². The van der Waals surface area contributed by atoms with E-state index in [4.69, 9.17) is 5.73 Å². The molecule has 2 N–H and O–H groups in total. The second-order valence-corrected chi connectivity index (χ2v) is 6.35. The van der Waals surface area contributed by atoms with Crippen LogP contribution in [0.2, 0.25) is 0 Å². The molecule has 2 unspecified atom stereocenters. The van der Waals surface area contributed by atoms with Crippen LogP contribution in [0.5, 0.6) is 0 Å². The maximum absolute atomic E-state index is 5.78. The fourth-order valence-corrected chi connectivity index (χ4v) is 2.89. The zero-order chi connectivity index (χ0) is 14.5. The van der Waals surface area contributed by atoms with Crippen molar-refractivity contribution >= 4 is 17.3 Å². The molecule has 5 heteroatoms. The summed E-state index contributed by atoms with van der Waals surface area (Å²) in [7, 11) is 2.04. The SMILES string of the molecule is CC(N)Cc1cnc(N(C)C(C)Cc2cccs2)nc1. The van der Waals surface area contributed by atoms with Crippen LogP contribution in [0.15, 0.2) is 29.9 Å².